The van der Waals surface area contributed by atoms with Crippen LogP contribution in [0.1, 0.15) is 17.3 Å². The van der Waals surface area contributed by atoms with Gasteiger partial charge in [-0.3, -0.25) is 14.9 Å². The van der Waals surface area contributed by atoms with E-state index in [0.29, 0.717) is 5.56 Å². The highest BCUT2D eigenvalue weighted by Crippen LogP contribution is 2.16. The molecule has 1 saturated heterocycles. The van der Waals surface area contributed by atoms with E-state index in [0.717, 1.165) is 5.56 Å². The highest BCUT2D eigenvalue weighted by molar-refractivity contribution is 5.93. The molecule has 1 heterocycles. The number of carbonyl (C=O) groups is 2. The molecule has 1 aliphatic rings. The number of hydrogen-bond donors (Lipinski definition) is 4. The van der Waals surface area contributed by atoms with Crippen molar-refractivity contribution in [2.24, 2.45) is 0 Å². The van der Waals surface area contributed by atoms with E-state index in [1.54, 1.807) is 12.1 Å². The summed E-state index contributed by atoms with van der Waals surface area (Å²) in [7, 11) is 0. The Labute approximate surface area is 144 Å². The first kappa shape index (κ1) is 17.1. The van der Waals surface area contributed by atoms with Crippen molar-refractivity contribution in [1.29, 1.82) is 0 Å². The van der Waals surface area contributed by atoms with Crippen molar-refractivity contribution in [2.45, 2.75) is 24.9 Å². The summed E-state index contributed by atoms with van der Waals surface area (Å²) in [6.07, 6.45) is -2.06. The van der Waals surface area contributed by atoms with Crippen molar-refractivity contribution >= 4 is 11.8 Å². The molecule has 0 saturated carbocycles. The maximum Gasteiger partial charge on any atom is 0.252 e. The Morgan fingerprint density at radius 1 is 1.12 bits per heavy atom. The molecule has 7 heteroatoms. The molecule has 3 rings (SSSR count). The van der Waals surface area contributed by atoms with Crippen LogP contribution in [0.3, 0.4) is 0 Å². The topological polar surface area (TPSA) is 90.5 Å². The predicted octanol–water partition coefficient (Wildman–Crippen LogP) is 0.590. The molecular weight excluding hydrogens is 325 g/mol. The summed E-state index contributed by atoms with van der Waals surface area (Å²) in [6.45, 7) is 0.168. The van der Waals surface area contributed by atoms with E-state index in [1.165, 1.54) is 12.1 Å². The van der Waals surface area contributed by atoms with Gasteiger partial charge in [-0.2, -0.15) is 0 Å². The standard InChI is InChI=1S/C18H18FN3O3/c19-13-8-6-11(7-9-13)10-20-17(24)14-15(23)18(25)22-16(21-14)12-4-2-1-3-5-12/h1-9,14-16,21,23H,10H2,(H,20,24)(H,22,25). The van der Waals surface area contributed by atoms with Crippen LogP contribution in [-0.2, 0) is 16.1 Å². The lowest BCUT2D eigenvalue weighted by molar-refractivity contribution is -0.142. The number of amides is 2. The van der Waals surface area contributed by atoms with Crippen molar-refractivity contribution in [1.82, 2.24) is 16.0 Å². The first-order valence-corrected chi connectivity index (χ1v) is 7.86. The van der Waals surface area contributed by atoms with Gasteiger partial charge >= 0.3 is 0 Å². The Morgan fingerprint density at radius 3 is 2.48 bits per heavy atom. The van der Waals surface area contributed by atoms with Gasteiger partial charge in [-0.25, -0.2) is 4.39 Å². The number of rotatable bonds is 4. The Bertz CT molecular complexity index is 752. The average Bonchev–Trinajstić information content (AvgIpc) is 2.64. The van der Waals surface area contributed by atoms with Crippen molar-refractivity contribution < 1.29 is 19.1 Å². The lowest BCUT2D eigenvalue weighted by Crippen LogP contribution is -2.64. The lowest BCUT2D eigenvalue weighted by Gasteiger charge is -2.34. The number of aliphatic hydroxyl groups is 1. The van der Waals surface area contributed by atoms with Crippen LogP contribution in [0.4, 0.5) is 4.39 Å². The zero-order valence-electron chi connectivity index (χ0n) is 13.3. The molecule has 0 spiro atoms. The van der Waals surface area contributed by atoms with Crippen LogP contribution < -0.4 is 16.0 Å². The van der Waals surface area contributed by atoms with E-state index in [4.69, 9.17) is 0 Å². The zero-order valence-corrected chi connectivity index (χ0v) is 13.3. The smallest absolute Gasteiger partial charge is 0.252 e. The highest BCUT2D eigenvalue weighted by atomic mass is 19.1. The van der Waals surface area contributed by atoms with Crippen LogP contribution in [0, 0.1) is 5.82 Å². The van der Waals surface area contributed by atoms with E-state index in [-0.39, 0.29) is 12.4 Å². The van der Waals surface area contributed by atoms with Gasteiger partial charge in [0.25, 0.3) is 5.91 Å². The van der Waals surface area contributed by atoms with E-state index in [1.807, 2.05) is 30.3 Å². The van der Waals surface area contributed by atoms with Crippen LogP contribution >= 0.6 is 0 Å². The fourth-order valence-electron chi connectivity index (χ4n) is 2.64. The minimum atomic E-state index is -1.49. The Kier molecular flexibility index (Phi) is 5.06. The number of nitrogens with one attached hydrogen (secondary N) is 3. The summed E-state index contributed by atoms with van der Waals surface area (Å²) in [5.74, 6) is -1.48. The third-order valence-corrected chi connectivity index (χ3v) is 4.01. The molecule has 25 heavy (non-hydrogen) atoms. The molecule has 0 aromatic heterocycles. The highest BCUT2D eigenvalue weighted by Gasteiger charge is 2.39. The second-order valence-electron chi connectivity index (χ2n) is 5.79. The number of hydrogen-bond acceptors (Lipinski definition) is 4. The van der Waals surface area contributed by atoms with Crippen LogP contribution in [0.5, 0.6) is 0 Å². The van der Waals surface area contributed by atoms with E-state index in [2.05, 4.69) is 16.0 Å². The van der Waals surface area contributed by atoms with Crippen molar-refractivity contribution in [3.63, 3.8) is 0 Å². The molecule has 6 nitrogen and oxygen atoms in total. The summed E-state index contributed by atoms with van der Waals surface area (Å²) >= 11 is 0. The molecule has 3 atom stereocenters. The summed E-state index contributed by atoms with van der Waals surface area (Å²) in [5, 5.41) is 18.2. The zero-order chi connectivity index (χ0) is 17.8. The van der Waals surface area contributed by atoms with Gasteiger partial charge in [0.1, 0.15) is 18.0 Å². The molecule has 2 aromatic carbocycles. The van der Waals surface area contributed by atoms with Gasteiger partial charge in [-0.05, 0) is 23.3 Å². The Morgan fingerprint density at radius 2 is 1.80 bits per heavy atom. The van der Waals surface area contributed by atoms with Crippen LogP contribution in [0.2, 0.25) is 0 Å². The van der Waals surface area contributed by atoms with Crippen molar-refractivity contribution in [2.75, 3.05) is 0 Å². The van der Waals surface area contributed by atoms with Gasteiger partial charge in [0, 0.05) is 6.54 Å². The minimum absolute atomic E-state index is 0.168. The Balaban J connectivity index is 1.67. The summed E-state index contributed by atoms with van der Waals surface area (Å²) in [4.78, 5) is 24.4. The third-order valence-electron chi connectivity index (χ3n) is 4.01. The SMILES string of the molecule is O=C1NC(c2ccccc2)NC(C(=O)NCc2ccc(F)cc2)C1O. The number of carbonyl (C=O) groups excluding carboxylic acids is 2. The lowest BCUT2D eigenvalue weighted by atomic mass is 10.0. The average molecular weight is 343 g/mol. The van der Waals surface area contributed by atoms with Crippen LogP contribution in [0.25, 0.3) is 0 Å². The summed E-state index contributed by atoms with van der Waals surface area (Å²) < 4.78 is 12.9. The third kappa shape index (κ3) is 4.01. The van der Waals surface area contributed by atoms with Gasteiger partial charge in [-0.15, -0.1) is 0 Å². The van der Waals surface area contributed by atoms with E-state index < -0.39 is 30.1 Å². The Hall–Kier alpha value is -2.77. The first-order chi connectivity index (χ1) is 12.0. The number of halogens is 1. The molecule has 0 radical (unpaired) electrons. The second-order valence-corrected chi connectivity index (χ2v) is 5.79. The molecule has 0 bridgehead atoms. The van der Waals surface area contributed by atoms with E-state index >= 15 is 0 Å². The van der Waals surface area contributed by atoms with E-state index in [9.17, 15) is 19.1 Å². The van der Waals surface area contributed by atoms with Gasteiger partial charge in [0.2, 0.25) is 5.91 Å². The molecule has 1 fully saturated rings. The first-order valence-electron chi connectivity index (χ1n) is 7.86. The molecule has 130 valence electrons. The molecule has 2 amide bonds. The van der Waals surface area contributed by atoms with Gasteiger partial charge < -0.3 is 15.7 Å². The maximum atomic E-state index is 12.9. The summed E-state index contributed by atoms with van der Waals surface area (Å²) in [5.41, 5.74) is 1.49. The largest absolute Gasteiger partial charge is 0.381 e. The van der Waals surface area contributed by atoms with Crippen LogP contribution in [-0.4, -0.2) is 29.1 Å². The predicted molar refractivity (Wildman–Crippen MR) is 88.5 cm³/mol. The number of aliphatic hydroxyl groups excluding tert-OH is 1. The fraction of sp³-hybridized carbons (Fsp3) is 0.222. The summed E-state index contributed by atoms with van der Waals surface area (Å²) in [6, 6.07) is 13.7. The molecule has 1 aliphatic heterocycles. The monoisotopic (exact) mass is 343 g/mol. The van der Waals surface area contributed by atoms with Gasteiger partial charge in [-0.1, -0.05) is 42.5 Å². The molecule has 3 unspecified atom stereocenters. The van der Waals surface area contributed by atoms with Gasteiger partial charge in [0.15, 0.2) is 6.10 Å². The molecular formula is C18H18FN3O3. The quantitative estimate of drug-likeness (QED) is 0.654. The van der Waals surface area contributed by atoms with Crippen LogP contribution in [0.15, 0.2) is 54.6 Å². The molecule has 0 aliphatic carbocycles. The fourth-order valence-corrected chi connectivity index (χ4v) is 2.64. The van der Waals surface area contributed by atoms with Crippen molar-refractivity contribution in [3.05, 3.63) is 71.5 Å². The number of benzene rings is 2. The van der Waals surface area contributed by atoms with Crippen molar-refractivity contribution in [3.8, 4) is 0 Å². The normalized spacial score (nSPS) is 23.0. The second kappa shape index (κ2) is 7.42. The minimum Gasteiger partial charge on any atom is -0.381 e. The maximum absolute atomic E-state index is 12.9. The molecule has 2 aromatic rings. The van der Waals surface area contributed by atoms with Gasteiger partial charge in [0.05, 0.1) is 0 Å². The molecule has 4 N–H and O–H groups in total.